The molecule has 0 aliphatic rings. The molecular formula is C17H16ClNO3. The number of aliphatic hydroxyl groups is 1. The molecular weight excluding hydrogens is 302 g/mol. The summed E-state index contributed by atoms with van der Waals surface area (Å²) in [4.78, 5) is 12.6. The smallest absolute Gasteiger partial charge is 0.200 e. The van der Waals surface area contributed by atoms with Crippen molar-refractivity contribution in [3.63, 3.8) is 0 Å². The summed E-state index contributed by atoms with van der Waals surface area (Å²) in [6.45, 7) is 2.55. The Bertz CT molecular complexity index is 888. The van der Waals surface area contributed by atoms with E-state index in [4.69, 9.17) is 21.1 Å². The summed E-state index contributed by atoms with van der Waals surface area (Å²) in [5.74, 6) is 0. The Morgan fingerprint density at radius 2 is 2.00 bits per heavy atom. The number of fused-ring (bicyclic) bond motifs is 2. The first-order valence-corrected chi connectivity index (χ1v) is 7.45. The fraction of sp³-hybridized carbons (Fsp3) is 0.235. The molecule has 3 aromatic rings. The highest BCUT2D eigenvalue weighted by Crippen LogP contribution is 2.22. The van der Waals surface area contributed by atoms with Crippen LogP contribution in [0.3, 0.4) is 0 Å². The quantitative estimate of drug-likeness (QED) is 0.726. The molecule has 0 saturated carbocycles. The van der Waals surface area contributed by atoms with Gasteiger partial charge in [-0.15, -0.1) is 0 Å². The molecule has 1 heterocycles. The zero-order valence-electron chi connectivity index (χ0n) is 12.1. The normalized spacial score (nSPS) is 12.9. The van der Waals surface area contributed by atoms with E-state index < -0.39 is 0 Å². The molecule has 3 rings (SSSR count). The largest absolute Gasteiger partial charge is 0.456 e. The van der Waals surface area contributed by atoms with Gasteiger partial charge >= 0.3 is 0 Å². The van der Waals surface area contributed by atoms with Crippen LogP contribution in [-0.4, -0.2) is 17.8 Å². The van der Waals surface area contributed by atoms with Crippen LogP contribution in [0.2, 0.25) is 5.02 Å². The molecule has 0 bridgehead atoms. The molecule has 0 aliphatic heterocycles. The van der Waals surface area contributed by atoms with E-state index in [-0.39, 0.29) is 18.1 Å². The first-order valence-electron chi connectivity index (χ1n) is 7.08. The summed E-state index contributed by atoms with van der Waals surface area (Å²) in [6.07, 6.45) is 0. The van der Waals surface area contributed by atoms with Crippen LogP contribution in [0.4, 0.5) is 0 Å². The minimum absolute atomic E-state index is 0.00542. The monoisotopic (exact) mass is 317 g/mol. The van der Waals surface area contributed by atoms with Crippen LogP contribution in [0.25, 0.3) is 21.9 Å². The third-order valence-electron chi connectivity index (χ3n) is 3.63. The molecule has 0 saturated heterocycles. The van der Waals surface area contributed by atoms with Crippen molar-refractivity contribution < 1.29 is 9.52 Å². The lowest BCUT2D eigenvalue weighted by atomic mass is 10.1. The first kappa shape index (κ1) is 15.0. The molecule has 22 heavy (non-hydrogen) atoms. The summed E-state index contributed by atoms with van der Waals surface area (Å²) >= 11 is 5.94. The lowest BCUT2D eigenvalue weighted by molar-refractivity contribution is 0.251. The average Bonchev–Trinajstić information content (AvgIpc) is 2.52. The van der Waals surface area contributed by atoms with Gasteiger partial charge in [-0.05, 0) is 36.8 Å². The summed E-state index contributed by atoms with van der Waals surface area (Å²) < 4.78 is 5.76. The zero-order valence-corrected chi connectivity index (χ0v) is 12.9. The highest BCUT2D eigenvalue weighted by Gasteiger charge is 2.09. The van der Waals surface area contributed by atoms with Gasteiger partial charge in [0.25, 0.3) is 0 Å². The minimum Gasteiger partial charge on any atom is -0.456 e. The molecule has 0 radical (unpaired) electrons. The van der Waals surface area contributed by atoms with E-state index in [0.29, 0.717) is 33.5 Å². The number of halogens is 1. The van der Waals surface area contributed by atoms with Crippen molar-refractivity contribution in [2.45, 2.75) is 19.5 Å². The van der Waals surface area contributed by atoms with Gasteiger partial charge in [0.05, 0.1) is 17.4 Å². The van der Waals surface area contributed by atoms with Crippen LogP contribution in [0, 0.1) is 0 Å². The van der Waals surface area contributed by atoms with Crippen molar-refractivity contribution in [1.82, 2.24) is 5.32 Å². The molecule has 1 atom stereocenters. The zero-order chi connectivity index (χ0) is 15.7. The van der Waals surface area contributed by atoms with Crippen LogP contribution in [0.15, 0.2) is 45.6 Å². The molecule has 0 unspecified atom stereocenters. The molecule has 2 aromatic carbocycles. The molecule has 0 spiro atoms. The van der Waals surface area contributed by atoms with Gasteiger partial charge < -0.3 is 14.8 Å². The van der Waals surface area contributed by atoms with Crippen molar-refractivity contribution in [1.29, 1.82) is 0 Å². The van der Waals surface area contributed by atoms with E-state index >= 15 is 0 Å². The molecule has 0 amide bonds. The van der Waals surface area contributed by atoms with E-state index in [0.717, 1.165) is 5.56 Å². The molecule has 4 nitrogen and oxygen atoms in total. The summed E-state index contributed by atoms with van der Waals surface area (Å²) in [5.41, 5.74) is 1.93. The summed E-state index contributed by atoms with van der Waals surface area (Å²) in [7, 11) is 0. The second-order valence-electron chi connectivity index (χ2n) is 5.37. The number of nitrogens with one attached hydrogen (secondary N) is 1. The third-order valence-corrected chi connectivity index (χ3v) is 3.86. The highest BCUT2D eigenvalue weighted by atomic mass is 35.5. The van der Waals surface area contributed by atoms with Crippen molar-refractivity contribution in [2.24, 2.45) is 0 Å². The van der Waals surface area contributed by atoms with E-state index in [1.165, 1.54) is 0 Å². The van der Waals surface area contributed by atoms with Crippen molar-refractivity contribution in [3.8, 4) is 0 Å². The Morgan fingerprint density at radius 3 is 2.77 bits per heavy atom. The molecule has 114 valence electrons. The molecule has 2 N–H and O–H groups in total. The standard InChI is InChI=1S/C17H16ClNO3/c1-10(9-20)19-8-11-2-5-15-14(6-11)17(21)13-4-3-12(18)7-16(13)22-15/h2-7,10,19-20H,8-9H2,1H3/t10-/m0/s1. The lowest BCUT2D eigenvalue weighted by Crippen LogP contribution is -2.28. The van der Waals surface area contributed by atoms with E-state index in [9.17, 15) is 4.79 Å². The van der Waals surface area contributed by atoms with E-state index in [1.54, 1.807) is 24.3 Å². The SMILES string of the molecule is C[C@@H](CO)NCc1ccc2oc3cc(Cl)ccc3c(=O)c2c1. The summed E-state index contributed by atoms with van der Waals surface area (Å²) in [5, 5.41) is 13.8. The van der Waals surface area contributed by atoms with Crippen molar-refractivity contribution in [3.05, 3.63) is 57.2 Å². The van der Waals surface area contributed by atoms with Crippen LogP contribution >= 0.6 is 11.6 Å². The van der Waals surface area contributed by atoms with Crippen LogP contribution in [0.1, 0.15) is 12.5 Å². The molecule has 1 aromatic heterocycles. The molecule has 0 fully saturated rings. The summed E-state index contributed by atoms with van der Waals surface area (Å²) in [6, 6.07) is 10.5. The van der Waals surface area contributed by atoms with Gasteiger partial charge in [-0.2, -0.15) is 0 Å². The van der Waals surface area contributed by atoms with Crippen molar-refractivity contribution in [2.75, 3.05) is 6.61 Å². The number of rotatable bonds is 4. The number of hydrogen-bond acceptors (Lipinski definition) is 4. The predicted molar refractivity (Wildman–Crippen MR) is 88.4 cm³/mol. The number of benzene rings is 2. The highest BCUT2D eigenvalue weighted by molar-refractivity contribution is 6.31. The van der Waals surface area contributed by atoms with Crippen molar-refractivity contribution >= 4 is 33.5 Å². The maximum atomic E-state index is 12.6. The Balaban J connectivity index is 2.08. The van der Waals surface area contributed by atoms with Crippen LogP contribution < -0.4 is 10.7 Å². The fourth-order valence-corrected chi connectivity index (χ4v) is 2.50. The second-order valence-corrected chi connectivity index (χ2v) is 5.80. The maximum Gasteiger partial charge on any atom is 0.200 e. The Morgan fingerprint density at radius 1 is 1.18 bits per heavy atom. The van der Waals surface area contributed by atoms with Gasteiger partial charge in [0.2, 0.25) is 5.43 Å². The van der Waals surface area contributed by atoms with Gasteiger partial charge in [0.1, 0.15) is 11.2 Å². The second kappa shape index (κ2) is 6.08. The van der Waals surface area contributed by atoms with E-state index in [1.807, 2.05) is 19.1 Å². The number of hydrogen-bond donors (Lipinski definition) is 2. The van der Waals surface area contributed by atoms with Crippen LogP contribution in [-0.2, 0) is 6.54 Å². The third kappa shape index (κ3) is 2.86. The topological polar surface area (TPSA) is 62.5 Å². The first-order chi connectivity index (χ1) is 10.6. The Labute approximate surface area is 132 Å². The number of aliphatic hydroxyl groups excluding tert-OH is 1. The van der Waals surface area contributed by atoms with Gasteiger partial charge in [-0.1, -0.05) is 17.7 Å². The van der Waals surface area contributed by atoms with Gasteiger partial charge in [-0.3, -0.25) is 4.79 Å². The van der Waals surface area contributed by atoms with Gasteiger partial charge in [0.15, 0.2) is 0 Å². The van der Waals surface area contributed by atoms with Gasteiger partial charge in [0, 0.05) is 23.7 Å². The van der Waals surface area contributed by atoms with Crippen LogP contribution in [0.5, 0.6) is 0 Å². The van der Waals surface area contributed by atoms with E-state index in [2.05, 4.69) is 5.32 Å². The van der Waals surface area contributed by atoms with Gasteiger partial charge in [-0.25, -0.2) is 0 Å². The lowest BCUT2D eigenvalue weighted by Gasteiger charge is -2.11. The average molecular weight is 318 g/mol. The predicted octanol–water partition coefficient (Wildman–Crippen LogP) is 3.07. The molecule has 0 aliphatic carbocycles. The molecule has 5 heteroatoms. The maximum absolute atomic E-state index is 12.6. The fourth-order valence-electron chi connectivity index (χ4n) is 2.34. The Kier molecular flexibility index (Phi) is 4.16. The minimum atomic E-state index is -0.0648. The Hall–Kier alpha value is -1.88.